The largest absolute Gasteiger partial charge is 0.355 e. The minimum absolute atomic E-state index is 0.0719. The highest BCUT2D eigenvalue weighted by Crippen LogP contribution is 2.30. The third-order valence-electron chi connectivity index (χ3n) is 4.19. The number of halogens is 1. The van der Waals surface area contributed by atoms with Gasteiger partial charge in [-0.25, -0.2) is 0 Å². The summed E-state index contributed by atoms with van der Waals surface area (Å²) in [6, 6.07) is 15.2. The number of amidine groups is 1. The van der Waals surface area contributed by atoms with Crippen molar-refractivity contribution in [2.45, 2.75) is 13.3 Å². The van der Waals surface area contributed by atoms with Crippen LogP contribution < -0.4 is 10.2 Å². The van der Waals surface area contributed by atoms with Crippen molar-refractivity contribution in [1.82, 2.24) is 5.32 Å². The Hall–Kier alpha value is -2.31. The number of hydrogen-bond acceptors (Lipinski definition) is 4. The number of para-hydroxylation sites is 1. The second-order valence-corrected chi connectivity index (χ2v) is 7.44. The molecule has 0 unspecified atom stereocenters. The normalized spacial score (nSPS) is 13.6. The van der Waals surface area contributed by atoms with Gasteiger partial charge in [-0.2, -0.15) is 0 Å². The van der Waals surface area contributed by atoms with Gasteiger partial charge >= 0.3 is 0 Å². The van der Waals surface area contributed by atoms with Crippen LogP contribution in [0.2, 0.25) is 5.02 Å². The standard InChI is InChI=1S/C20H20ClN3O2S/c1-14-6-2-3-7-15(14)10-11-22-18(25)13-27-20-23-12-19(26)24(20)17-9-5-4-8-16(17)21/h2-9H,10-13H2,1H3,(H,22,25). The molecule has 0 saturated heterocycles. The number of amides is 2. The average Bonchev–Trinajstić information content (AvgIpc) is 3.02. The lowest BCUT2D eigenvalue weighted by Crippen LogP contribution is -2.33. The van der Waals surface area contributed by atoms with E-state index < -0.39 is 0 Å². The summed E-state index contributed by atoms with van der Waals surface area (Å²) >= 11 is 7.44. The van der Waals surface area contributed by atoms with E-state index in [1.54, 1.807) is 18.2 Å². The second-order valence-electron chi connectivity index (χ2n) is 6.09. The predicted octanol–water partition coefficient (Wildman–Crippen LogP) is 3.44. The fourth-order valence-electron chi connectivity index (χ4n) is 2.77. The molecule has 140 valence electrons. The second kappa shape index (κ2) is 9.06. The predicted molar refractivity (Wildman–Crippen MR) is 112 cm³/mol. The average molecular weight is 402 g/mol. The van der Waals surface area contributed by atoms with Crippen LogP contribution in [0.3, 0.4) is 0 Å². The van der Waals surface area contributed by atoms with Gasteiger partial charge in [0, 0.05) is 6.54 Å². The van der Waals surface area contributed by atoms with Gasteiger partial charge in [-0.1, -0.05) is 59.8 Å². The van der Waals surface area contributed by atoms with Gasteiger partial charge < -0.3 is 5.32 Å². The molecule has 2 aromatic rings. The highest BCUT2D eigenvalue weighted by Gasteiger charge is 2.29. The molecule has 1 N–H and O–H groups in total. The Balaban J connectivity index is 1.51. The molecule has 0 atom stereocenters. The van der Waals surface area contributed by atoms with E-state index in [0.29, 0.717) is 22.4 Å². The fraction of sp³-hybridized carbons (Fsp3) is 0.250. The van der Waals surface area contributed by atoms with E-state index in [1.165, 1.54) is 27.8 Å². The van der Waals surface area contributed by atoms with Gasteiger partial charge in [0.05, 0.1) is 16.5 Å². The van der Waals surface area contributed by atoms with Gasteiger partial charge in [0.25, 0.3) is 5.91 Å². The van der Waals surface area contributed by atoms with Crippen LogP contribution in [0.4, 0.5) is 5.69 Å². The molecule has 0 spiro atoms. The lowest BCUT2D eigenvalue weighted by molar-refractivity contribution is -0.118. The highest BCUT2D eigenvalue weighted by molar-refractivity contribution is 8.14. The number of rotatable bonds is 6. The highest BCUT2D eigenvalue weighted by atomic mass is 35.5. The Bertz CT molecular complexity index is 885. The molecule has 0 saturated carbocycles. The van der Waals surface area contributed by atoms with Gasteiger partial charge in [-0.3, -0.25) is 19.5 Å². The first-order valence-corrected chi connectivity index (χ1v) is 9.98. The number of nitrogens with zero attached hydrogens (tertiary/aromatic N) is 2. The Kier molecular flexibility index (Phi) is 6.53. The molecule has 2 aromatic carbocycles. The topological polar surface area (TPSA) is 61.8 Å². The number of aryl methyl sites for hydroxylation is 1. The van der Waals surface area contributed by atoms with Crippen LogP contribution in [-0.4, -0.2) is 35.8 Å². The van der Waals surface area contributed by atoms with Crippen LogP contribution in [0, 0.1) is 6.92 Å². The summed E-state index contributed by atoms with van der Waals surface area (Å²) in [5.74, 6) is -0.0406. The van der Waals surface area contributed by atoms with Crippen LogP contribution in [0.1, 0.15) is 11.1 Å². The van der Waals surface area contributed by atoms with E-state index in [2.05, 4.69) is 29.4 Å². The molecule has 3 rings (SSSR count). The van der Waals surface area contributed by atoms with E-state index >= 15 is 0 Å². The van der Waals surface area contributed by atoms with Crippen LogP contribution in [0.25, 0.3) is 0 Å². The monoisotopic (exact) mass is 401 g/mol. The van der Waals surface area contributed by atoms with Crippen LogP contribution in [-0.2, 0) is 16.0 Å². The van der Waals surface area contributed by atoms with Crippen molar-refractivity contribution in [3.05, 3.63) is 64.7 Å². The summed E-state index contributed by atoms with van der Waals surface area (Å²) in [7, 11) is 0. The number of aliphatic imine (C=N–C) groups is 1. The number of benzene rings is 2. The summed E-state index contributed by atoms with van der Waals surface area (Å²) in [5.41, 5.74) is 3.03. The molecule has 0 radical (unpaired) electrons. The van der Waals surface area contributed by atoms with Gasteiger partial charge in [-0.05, 0) is 36.6 Å². The summed E-state index contributed by atoms with van der Waals surface area (Å²) in [5, 5.41) is 3.89. The van der Waals surface area contributed by atoms with Gasteiger partial charge in [0.1, 0.15) is 6.54 Å². The third kappa shape index (κ3) is 4.90. The third-order valence-corrected chi connectivity index (χ3v) is 5.49. The van der Waals surface area contributed by atoms with Crippen molar-refractivity contribution in [2.24, 2.45) is 4.99 Å². The zero-order chi connectivity index (χ0) is 19.2. The van der Waals surface area contributed by atoms with E-state index in [-0.39, 0.29) is 24.1 Å². The molecule has 2 amide bonds. The Morgan fingerprint density at radius 2 is 1.96 bits per heavy atom. The molecule has 1 aliphatic heterocycles. The number of carbonyl (C=O) groups is 2. The fourth-order valence-corrected chi connectivity index (χ4v) is 3.84. The summed E-state index contributed by atoms with van der Waals surface area (Å²) < 4.78 is 0. The van der Waals surface area contributed by atoms with Crippen molar-refractivity contribution < 1.29 is 9.59 Å². The molecular formula is C20H20ClN3O2S. The first-order chi connectivity index (χ1) is 13.1. The Labute approximate surface area is 167 Å². The molecule has 27 heavy (non-hydrogen) atoms. The van der Waals surface area contributed by atoms with Gasteiger partial charge in [0.15, 0.2) is 5.17 Å². The number of nitrogens with one attached hydrogen (secondary N) is 1. The summed E-state index contributed by atoms with van der Waals surface area (Å²) in [4.78, 5) is 30.1. The van der Waals surface area contributed by atoms with Crippen molar-refractivity contribution >= 4 is 46.0 Å². The quantitative estimate of drug-likeness (QED) is 0.806. The molecule has 0 aliphatic carbocycles. The van der Waals surface area contributed by atoms with E-state index in [0.717, 1.165) is 6.42 Å². The molecule has 0 aromatic heterocycles. The van der Waals surface area contributed by atoms with Crippen LogP contribution >= 0.6 is 23.4 Å². The first kappa shape index (κ1) is 19.5. The van der Waals surface area contributed by atoms with E-state index in [4.69, 9.17) is 11.6 Å². The molecule has 5 nitrogen and oxygen atoms in total. The van der Waals surface area contributed by atoms with Crippen LogP contribution in [0.15, 0.2) is 53.5 Å². The van der Waals surface area contributed by atoms with Crippen LogP contribution in [0.5, 0.6) is 0 Å². The maximum absolute atomic E-state index is 12.2. The molecular weight excluding hydrogens is 382 g/mol. The van der Waals surface area contributed by atoms with Crippen molar-refractivity contribution in [3.63, 3.8) is 0 Å². The molecule has 0 bridgehead atoms. The lowest BCUT2D eigenvalue weighted by atomic mass is 10.1. The maximum atomic E-state index is 12.2. The summed E-state index contributed by atoms with van der Waals surface area (Å²) in [6.45, 7) is 2.71. The zero-order valence-corrected chi connectivity index (χ0v) is 16.5. The van der Waals surface area contributed by atoms with Crippen molar-refractivity contribution in [3.8, 4) is 0 Å². The Morgan fingerprint density at radius 3 is 2.74 bits per heavy atom. The molecule has 1 aliphatic rings. The minimum atomic E-state index is -0.148. The number of anilines is 1. The van der Waals surface area contributed by atoms with E-state index in [1.807, 2.05) is 18.2 Å². The van der Waals surface area contributed by atoms with Crippen molar-refractivity contribution in [2.75, 3.05) is 23.7 Å². The first-order valence-electron chi connectivity index (χ1n) is 8.62. The van der Waals surface area contributed by atoms with Gasteiger partial charge in [0.2, 0.25) is 5.91 Å². The minimum Gasteiger partial charge on any atom is -0.355 e. The molecule has 7 heteroatoms. The number of hydrogen-bond donors (Lipinski definition) is 1. The SMILES string of the molecule is Cc1ccccc1CCNC(=O)CSC1=NCC(=O)N1c1ccccc1Cl. The zero-order valence-electron chi connectivity index (χ0n) is 14.9. The van der Waals surface area contributed by atoms with Gasteiger partial charge in [-0.15, -0.1) is 0 Å². The maximum Gasteiger partial charge on any atom is 0.254 e. The Morgan fingerprint density at radius 1 is 1.22 bits per heavy atom. The lowest BCUT2D eigenvalue weighted by Gasteiger charge is -2.19. The molecule has 0 fully saturated rings. The number of carbonyl (C=O) groups excluding carboxylic acids is 2. The number of thioether (sulfide) groups is 1. The molecule has 1 heterocycles. The summed E-state index contributed by atoms with van der Waals surface area (Å²) in [6.07, 6.45) is 0.786. The smallest absolute Gasteiger partial charge is 0.254 e. The van der Waals surface area contributed by atoms with E-state index in [9.17, 15) is 9.59 Å². The van der Waals surface area contributed by atoms with Crippen molar-refractivity contribution in [1.29, 1.82) is 0 Å².